The van der Waals surface area contributed by atoms with Gasteiger partial charge in [-0.2, -0.15) is 9.97 Å². The van der Waals surface area contributed by atoms with Crippen LogP contribution in [0.2, 0.25) is 0 Å². The molecule has 0 amide bonds. The molecule has 4 heterocycles. The van der Waals surface area contributed by atoms with Crippen LogP contribution in [0.1, 0.15) is 31.2 Å². The van der Waals surface area contributed by atoms with Crippen LogP contribution in [0.3, 0.4) is 0 Å². The first-order valence-corrected chi connectivity index (χ1v) is 14.2. The van der Waals surface area contributed by atoms with Gasteiger partial charge in [-0.3, -0.25) is 4.98 Å². The number of terminal acetylenes is 1. The highest BCUT2D eigenvalue weighted by molar-refractivity contribution is 6.03. The van der Waals surface area contributed by atoms with E-state index < -0.39 is 5.82 Å². The lowest BCUT2D eigenvalue weighted by atomic mass is 9.94. The van der Waals surface area contributed by atoms with Crippen molar-refractivity contribution in [2.45, 2.75) is 37.8 Å². The molecule has 2 aromatic carbocycles. The topological polar surface area (TPSA) is 86.6 Å². The average molecular weight is 553 g/mol. The average Bonchev–Trinajstić information content (AvgIpc) is 3.63. The summed E-state index contributed by atoms with van der Waals surface area (Å²) in [5.74, 6) is 2.83. The zero-order valence-electron chi connectivity index (χ0n) is 23.3. The number of fused-ring (bicyclic) bond motifs is 4. The summed E-state index contributed by atoms with van der Waals surface area (Å²) in [4.78, 5) is 19.1. The normalized spacial score (nSPS) is 21.0. The first-order valence-electron chi connectivity index (χ1n) is 14.2. The van der Waals surface area contributed by atoms with E-state index in [0.717, 1.165) is 51.1 Å². The molecule has 1 aliphatic carbocycles. The molecule has 3 aliphatic rings. The minimum atomic E-state index is -0.485. The first-order chi connectivity index (χ1) is 19.8. The van der Waals surface area contributed by atoms with Crippen molar-refractivity contribution in [3.05, 3.63) is 47.9 Å². The number of rotatable bonds is 7. The van der Waals surface area contributed by atoms with Crippen LogP contribution in [0.25, 0.3) is 32.9 Å². The van der Waals surface area contributed by atoms with Gasteiger partial charge >= 0.3 is 6.01 Å². The molecule has 3 fully saturated rings. The zero-order chi connectivity index (χ0) is 28.3. The fourth-order valence-electron chi connectivity index (χ4n) is 6.59. The smallest absolute Gasteiger partial charge is 0.319 e. The number of phenols is 1. The molecule has 4 aromatic rings. The summed E-state index contributed by atoms with van der Waals surface area (Å²) < 4.78 is 21.0. The van der Waals surface area contributed by atoms with Crippen molar-refractivity contribution >= 4 is 27.6 Å². The van der Waals surface area contributed by atoms with E-state index in [1.165, 1.54) is 6.07 Å². The van der Waals surface area contributed by atoms with Gasteiger partial charge in [-0.05, 0) is 75.0 Å². The number of anilines is 1. The van der Waals surface area contributed by atoms with Gasteiger partial charge in [0.25, 0.3) is 0 Å². The Kier molecular flexibility index (Phi) is 6.21. The fraction of sp³-hybridized carbons (Fsp3) is 0.406. The van der Waals surface area contributed by atoms with Crippen LogP contribution in [0.5, 0.6) is 11.8 Å². The number of phenolic OH excluding ortho intramolecular Hbond substituents is 1. The fourth-order valence-corrected chi connectivity index (χ4v) is 6.59. The molecule has 1 saturated carbocycles. The molecular formula is C32H33FN6O2. The van der Waals surface area contributed by atoms with Gasteiger partial charge in [0.05, 0.1) is 17.7 Å². The second-order valence-electron chi connectivity index (χ2n) is 12.1. The maximum atomic E-state index is 14.7. The van der Waals surface area contributed by atoms with Crippen molar-refractivity contribution in [1.29, 1.82) is 0 Å². The Morgan fingerprint density at radius 3 is 2.66 bits per heavy atom. The Labute approximate surface area is 238 Å². The van der Waals surface area contributed by atoms with Crippen LogP contribution >= 0.6 is 0 Å². The minimum absolute atomic E-state index is 0.0569. The molecule has 2 N–H and O–H groups in total. The lowest BCUT2D eigenvalue weighted by molar-refractivity contribution is 0.183. The van der Waals surface area contributed by atoms with Crippen LogP contribution in [0, 0.1) is 23.6 Å². The number of pyridine rings is 1. The van der Waals surface area contributed by atoms with Crippen molar-refractivity contribution in [2.24, 2.45) is 5.41 Å². The minimum Gasteiger partial charge on any atom is -0.508 e. The molecule has 2 bridgehead atoms. The number of benzene rings is 2. The Bertz CT molecular complexity index is 1700. The Morgan fingerprint density at radius 2 is 1.95 bits per heavy atom. The summed E-state index contributed by atoms with van der Waals surface area (Å²) in [7, 11) is 4.16. The third-order valence-electron chi connectivity index (χ3n) is 8.64. The number of hydrogen-bond acceptors (Lipinski definition) is 8. The van der Waals surface area contributed by atoms with E-state index in [4.69, 9.17) is 26.1 Å². The number of aromatic nitrogens is 3. The summed E-state index contributed by atoms with van der Waals surface area (Å²) in [6, 6.07) is 9.21. The summed E-state index contributed by atoms with van der Waals surface area (Å²) >= 11 is 0. The van der Waals surface area contributed by atoms with E-state index in [-0.39, 0.29) is 16.7 Å². The van der Waals surface area contributed by atoms with E-state index in [2.05, 4.69) is 35.1 Å². The maximum absolute atomic E-state index is 14.7. The van der Waals surface area contributed by atoms with Crippen molar-refractivity contribution < 1.29 is 14.2 Å². The van der Waals surface area contributed by atoms with Gasteiger partial charge in [-0.25, -0.2) is 4.39 Å². The summed E-state index contributed by atoms with van der Waals surface area (Å²) in [5.41, 5.74) is 2.85. The molecule has 9 heteroatoms. The van der Waals surface area contributed by atoms with E-state index >= 15 is 0 Å². The number of aromatic hydroxyl groups is 1. The first kappa shape index (κ1) is 25.9. The van der Waals surface area contributed by atoms with Gasteiger partial charge in [0.15, 0.2) is 5.82 Å². The quantitative estimate of drug-likeness (QED) is 0.328. The molecule has 210 valence electrons. The highest BCUT2D eigenvalue weighted by atomic mass is 19.1. The predicted octanol–water partition coefficient (Wildman–Crippen LogP) is 4.33. The predicted molar refractivity (Wildman–Crippen MR) is 158 cm³/mol. The second-order valence-corrected chi connectivity index (χ2v) is 12.1. The number of nitrogens with zero attached hydrogens (tertiary/aromatic N) is 5. The molecule has 41 heavy (non-hydrogen) atoms. The Balaban J connectivity index is 1.34. The van der Waals surface area contributed by atoms with Gasteiger partial charge in [0.2, 0.25) is 0 Å². The second kappa shape index (κ2) is 9.82. The lowest BCUT2D eigenvalue weighted by Gasteiger charge is -2.34. The Morgan fingerprint density at radius 1 is 1.17 bits per heavy atom. The number of hydrogen-bond donors (Lipinski definition) is 2. The molecule has 1 unspecified atom stereocenters. The molecule has 7 rings (SSSR count). The number of halogens is 1. The van der Waals surface area contributed by atoms with Crippen LogP contribution in [0.4, 0.5) is 10.2 Å². The third kappa shape index (κ3) is 4.81. The lowest BCUT2D eigenvalue weighted by Crippen LogP contribution is -2.51. The third-order valence-corrected chi connectivity index (χ3v) is 8.64. The van der Waals surface area contributed by atoms with Crippen molar-refractivity contribution in [3.8, 4) is 35.2 Å². The standard InChI is InChI=1S/C32H33FN6O2/c1-4-24-26(33)8-5-19-11-23(40)13-25(28(19)24)20-12-27-29(34-14-20)30(39-15-21-6-7-22(16-39)35-21)37-31(36-27)41-18-32(9-10-32)17-38(2)3/h1,5,8,11-14,21-22,35,40H,6-7,9-10,15-18H2,2-3H3/t21-,22?/m0/s1. The largest absolute Gasteiger partial charge is 0.508 e. The highest BCUT2D eigenvalue weighted by Crippen LogP contribution is 2.46. The number of ether oxygens (including phenoxy) is 1. The summed E-state index contributed by atoms with van der Waals surface area (Å²) in [6.45, 7) is 3.20. The number of piperazine rings is 1. The van der Waals surface area contributed by atoms with Gasteiger partial charge in [-0.15, -0.1) is 6.42 Å². The van der Waals surface area contributed by atoms with Crippen molar-refractivity contribution in [2.75, 3.05) is 45.2 Å². The molecular weight excluding hydrogens is 519 g/mol. The molecule has 2 saturated heterocycles. The van der Waals surface area contributed by atoms with Crippen LogP contribution < -0.4 is 15.0 Å². The van der Waals surface area contributed by atoms with E-state index in [9.17, 15) is 9.50 Å². The van der Waals surface area contributed by atoms with E-state index in [0.29, 0.717) is 57.6 Å². The summed E-state index contributed by atoms with van der Waals surface area (Å²) in [5, 5.41) is 15.4. The maximum Gasteiger partial charge on any atom is 0.319 e. The molecule has 0 radical (unpaired) electrons. The van der Waals surface area contributed by atoms with Gasteiger partial charge in [0, 0.05) is 54.3 Å². The highest BCUT2D eigenvalue weighted by Gasteiger charge is 2.44. The number of nitrogens with one attached hydrogen (secondary N) is 1. The van der Waals surface area contributed by atoms with E-state index in [1.54, 1.807) is 24.4 Å². The zero-order valence-corrected chi connectivity index (χ0v) is 23.3. The van der Waals surface area contributed by atoms with Crippen molar-refractivity contribution in [1.82, 2.24) is 25.2 Å². The molecule has 2 aromatic heterocycles. The Hall–Kier alpha value is -4.00. The van der Waals surface area contributed by atoms with E-state index in [1.807, 2.05) is 6.07 Å². The SMILES string of the molecule is C#Cc1c(F)ccc2cc(O)cc(-c3cnc4c(N5CC6CC[C@@H](C5)N6)nc(OCC5(CN(C)C)CC5)nc4c3)c12. The van der Waals surface area contributed by atoms with Crippen LogP contribution in [-0.4, -0.2) is 77.4 Å². The summed E-state index contributed by atoms with van der Waals surface area (Å²) in [6.07, 6.45) is 12.0. The van der Waals surface area contributed by atoms with Crippen LogP contribution in [0.15, 0.2) is 36.5 Å². The van der Waals surface area contributed by atoms with Gasteiger partial charge < -0.3 is 25.0 Å². The van der Waals surface area contributed by atoms with Crippen LogP contribution in [-0.2, 0) is 0 Å². The molecule has 8 nitrogen and oxygen atoms in total. The van der Waals surface area contributed by atoms with Gasteiger partial charge in [0.1, 0.15) is 17.1 Å². The van der Waals surface area contributed by atoms with Crippen molar-refractivity contribution in [3.63, 3.8) is 0 Å². The molecule has 2 atom stereocenters. The monoisotopic (exact) mass is 552 g/mol. The molecule has 2 aliphatic heterocycles. The molecule has 0 spiro atoms. The van der Waals surface area contributed by atoms with Gasteiger partial charge in [-0.1, -0.05) is 12.0 Å².